The van der Waals surface area contributed by atoms with E-state index in [2.05, 4.69) is 29.3 Å². The van der Waals surface area contributed by atoms with Gasteiger partial charge in [0.15, 0.2) is 0 Å². The van der Waals surface area contributed by atoms with Gasteiger partial charge >= 0.3 is 0 Å². The van der Waals surface area contributed by atoms with Gasteiger partial charge in [-0.2, -0.15) is 0 Å². The second-order valence-electron chi connectivity index (χ2n) is 5.99. The zero-order valence-electron chi connectivity index (χ0n) is 13.4. The number of hydrogen-bond donors (Lipinski definition) is 1. The van der Waals surface area contributed by atoms with E-state index in [1.807, 2.05) is 36.5 Å². The largest absolute Gasteiger partial charge is 0.323 e. The highest BCUT2D eigenvalue weighted by Crippen LogP contribution is 2.37. The van der Waals surface area contributed by atoms with E-state index in [1.54, 1.807) is 6.07 Å². The highest BCUT2D eigenvalue weighted by atomic mass is 35.5. The number of halogens is 1. The van der Waals surface area contributed by atoms with E-state index in [0.717, 1.165) is 19.4 Å². The van der Waals surface area contributed by atoms with Crippen molar-refractivity contribution < 1.29 is 4.79 Å². The zero-order valence-corrected chi connectivity index (χ0v) is 15.0. The zero-order chi connectivity index (χ0) is 16.4. The maximum absolute atomic E-state index is 12.6. The standard InChI is InChI=1S/C18H21ClN2OS/c1-12-9-10-17(23-12)16-8-5-11-21(16)13(2)18(22)20-15-7-4-3-6-14(15)19/h3-4,6-7,9-10,13,16H,5,8,11H2,1-2H3,(H,20,22). The number of likely N-dealkylation sites (tertiary alicyclic amines) is 1. The van der Waals surface area contributed by atoms with Crippen LogP contribution in [0.4, 0.5) is 5.69 Å². The Kier molecular flexibility index (Phi) is 5.05. The highest BCUT2D eigenvalue weighted by molar-refractivity contribution is 7.12. The summed E-state index contributed by atoms with van der Waals surface area (Å²) in [6.45, 7) is 5.06. The monoisotopic (exact) mass is 348 g/mol. The average Bonchev–Trinajstić information content (AvgIpc) is 3.17. The van der Waals surface area contributed by atoms with E-state index in [4.69, 9.17) is 11.6 Å². The first-order valence-corrected chi connectivity index (χ1v) is 9.13. The summed E-state index contributed by atoms with van der Waals surface area (Å²) in [4.78, 5) is 17.6. The molecule has 5 heteroatoms. The van der Waals surface area contributed by atoms with Gasteiger partial charge in [0.1, 0.15) is 0 Å². The molecule has 1 aliphatic heterocycles. The van der Waals surface area contributed by atoms with Gasteiger partial charge in [-0.3, -0.25) is 9.69 Å². The number of anilines is 1. The fraction of sp³-hybridized carbons (Fsp3) is 0.389. The molecular formula is C18H21ClN2OS. The second-order valence-corrected chi connectivity index (χ2v) is 7.72. The Labute approximate surface area is 146 Å². The van der Waals surface area contributed by atoms with E-state index in [9.17, 15) is 4.79 Å². The van der Waals surface area contributed by atoms with Gasteiger partial charge < -0.3 is 5.32 Å². The molecule has 0 spiro atoms. The first kappa shape index (κ1) is 16.5. The molecule has 1 N–H and O–H groups in total. The van der Waals surface area contributed by atoms with E-state index < -0.39 is 0 Å². The predicted octanol–water partition coefficient (Wildman–Crippen LogP) is 4.87. The normalized spacial score (nSPS) is 19.7. The molecule has 23 heavy (non-hydrogen) atoms. The summed E-state index contributed by atoms with van der Waals surface area (Å²) in [7, 11) is 0. The number of amides is 1. The van der Waals surface area contributed by atoms with Crippen LogP contribution in [-0.4, -0.2) is 23.4 Å². The summed E-state index contributed by atoms with van der Waals surface area (Å²) in [6, 6.07) is 11.9. The Morgan fingerprint density at radius 1 is 1.35 bits per heavy atom. The van der Waals surface area contributed by atoms with Gasteiger partial charge in [0, 0.05) is 15.8 Å². The van der Waals surface area contributed by atoms with Crippen molar-refractivity contribution in [2.45, 2.75) is 38.8 Å². The van der Waals surface area contributed by atoms with Crippen LogP contribution in [0.3, 0.4) is 0 Å². The van der Waals surface area contributed by atoms with Crippen LogP contribution in [0.25, 0.3) is 0 Å². The van der Waals surface area contributed by atoms with Crippen molar-refractivity contribution in [2.75, 3.05) is 11.9 Å². The van der Waals surface area contributed by atoms with Crippen LogP contribution in [0.5, 0.6) is 0 Å². The minimum absolute atomic E-state index is 0.00159. The van der Waals surface area contributed by atoms with Gasteiger partial charge in [0.05, 0.1) is 16.8 Å². The molecule has 0 aliphatic carbocycles. The van der Waals surface area contributed by atoms with E-state index in [-0.39, 0.29) is 11.9 Å². The molecule has 3 nitrogen and oxygen atoms in total. The third kappa shape index (κ3) is 3.60. The summed E-state index contributed by atoms with van der Waals surface area (Å²) < 4.78 is 0. The molecule has 2 aromatic rings. The van der Waals surface area contributed by atoms with Crippen LogP contribution in [-0.2, 0) is 4.79 Å². The Hall–Kier alpha value is -1.36. The van der Waals surface area contributed by atoms with Crippen molar-refractivity contribution in [3.8, 4) is 0 Å². The summed E-state index contributed by atoms with van der Waals surface area (Å²) in [6.07, 6.45) is 2.25. The minimum Gasteiger partial charge on any atom is -0.323 e. The number of carbonyl (C=O) groups is 1. The van der Waals surface area contributed by atoms with Crippen molar-refractivity contribution >= 4 is 34.5 Å². The Bertz CT molecular complexity index is 700. The maximum atomic E-state index is 12.6. The van der Waals surface area contributed by atoms with E-state index in [0.29, 0.717) is 16.8 Å². The first-order valence-electron chi connectivity index (χ1n) is 7.93. The first-order chi connectivity index (χ1) is 11.1. The molecule has 3 rings (SSSR count). The molecule has 2 heterocycles. The number of nitrogens with one attached hydrogen (secondary N) is 1. The number of para-hydroxylation sites is 1. The predicted molar refractivity (Wildman–Crippen MR) is 97.3 cm³/mol. The van der Waals surface area contributed by atoms with Crippen LogP contribution in [0, 0.1) is 6.92 Å². The molecule has 1 fully saturated rings. The molecule has 2 atom stereocenters. The van der Waals surface area contributed by atoms with Crippen molar-refractivity contribution in [3.05, 3.63) is 51.2 Å². The summed E-state index contributed by atoms with van der Waals surface area (Å²) in [5.41, 5.74) is 0.675. The van der Waals surface area contributed by atoms with Crippen molar-refractivity contribution in [1.82, 2.24) is 4.90 Å². The lowest BCUT2D eigenvalue weighted by Crippen LogP contribution is -2.41. The molecule has 2 unspecified atom stereocenters. The molecule has 122 valence electrons. The number of thiophene rings is 1. The van der Waals surface area contributed by atoms with E-state index in [1.165, 1.54) is 9.75 Å². The molecule has 0 saturated carbocycles. The SMILES string of the molecule is Cc1ccc(C2CCCN2C(C)C(=O)Nc2ccccc2Cl)s1. The van der Waals surface area contributed by atoms with Gasteiger partial charge in [-0.15, -0.1) is 11.3 Å². The number of carbonyl (C=O) groups excluding carboxylic acids is 1. The van der Waals surface area contributed by atoms with Crippen molar-refractivity contribution in [3.63, 3.8) is 0 Å². The van der Waals surface area contributed by atoms with Crippen LogP contribution in [0.15, 0.2) is 36.4 Å². The number of benzene rings is 1. The maximum Gasteiger partial charge on any atom is 0.241 e. The molecular weight excluding hydrogens is 328 g/mol. The molecule has 1 aromatic heterocycles. The number of aryl methyl sites for hydroxylation is 1. The van der Waals surface area contributed by atoms with Gasteiger partial charge in [-0.05, 0) is 57.5 Å². The lowest BCUT2D eigenvalue weighted by Gasteiger charge is -2.29. The summed E-state index contributed by atoms with van der Waals surface area (Å²) >= 11 is 7.96. The molecule has 1 amide bonds. The summed E-state index contributed by atoms with van der Waals surface area (Å²) in [5, 5.41) is 3.52. The van der Waals surface area contributed by atoms with Gasteiger partial charge in [-0.1, -0.05) is 23.7 Å². The molecule has 0 bridgehead atoms. The Morgan fingerprint density at radius 3 is 2.83 bits per heavy atom. The Balaban J connectivity index is 1.72. The Morgan fingerprint density at radius 2 is 2.13 bits per heavy atom. The number of rotatable bonds is 4. The molecule has 1 aromatic carbocycles. The topological polar surface area (TPSA) is 32.3 Å². The minimum atomic E-state index is -0.179. The number of hydrogen-bond acceptors (Lipinski definition) is 3. The molecule has 1 saturated heterocycles. The second kappa shape index (κ2) is 7.04. The lowest BCUT2D eigenvalue weighted by atomic mass is 10.1. The summed E-state index contributed by atoms with van der Waals surface area (Å²) in [5.74, 6) is -0.00159. The third-order valence-corrected chi connectivity index (χ3v) is 5.82. The quantitative estimate of drug-likeness (QED) is 0.854. The van der Waals surface area contributed by atoms with Crippen LogP contribution < -0.4 is 5.32 Å². The van der Waals surface area contributed by atoms with Gasteiger partial charge in [-0.25, -0.2) is 0 Å². The smallest absolute Gasteiger partial charge is 0.241 e. The molecule has 0 radical (unpaired) electrons. The van der Waals surface area contributed by atoms with Gasteiger partial charge in [0.2, 0.25) is 5.91 Å². The van der Waals surface area contributed by atoms with Crippen LogP contribution in [0.2, 0.25) is 5.02 Å². The fourth-order valence-corrected chi connectivity index (χ4v) is 4.36. The highest BCUT2D eigenvalue weighted by Gasteiger charge is 2.33. The number of nitrogens with zero attached hydrogens (tertiary/aromatic N) is 1. The van der Waals surface area contributed by atoms with Gasteiger partial charge in [0.25, 0.3) is 0 Å². The van der Waals surface area contributed by atoms with E-state index >= 15 is 0 Å². The lowest BCUT2D eigenvalue weighted by molar-refractivity contribution is -0.121. The van der Waals surface area contributed by atoms with Crippen LogP contribution in [0.1, 0.15) is 35.6 Å². The average molecular weight is 349 g/mol. The fourth-order valence-electron chi connectivity index (χ4n) is 3.14. The van der Waals surface area contributed by atoms with Crippen LogP contribution >= 0.6 is 22.9 Å². The van der Waals surface area contributed by atoms with Crippen molar-refractivity contribution in [2.24, 2.45) is 0 Å². The molecule has 1 aliphatic rings. The third-order valence-electron chi connectivity index (χ3n) is 4.39. The van der Waals surface area contributed by atoms with Crippen molar-refractivity contribution in [1.29, 1.82) is 0 Å².